The second kappa shape index (κ2) is 11.6. The Balaban J connectivity index is 1.19. The molecule has 13 rings (SSSR count). The number of rotatable bonds is 3. The highest BCUT2D eigenvalue weighted by Gasteiger charge is 2.24. The number of nitrogens with zero attached hydrogens (tertiary/aromatic N) is 4. The molecule has 13 aromatic rings. The van der Waals surface area contributed by atoms with Crippen LogP contribution in [0, 0.1) is 0 Å². The topological polar surface area (TPSA) is 35.6 Å². The Kier molecular flexibility index (Phi) is 6.29. The average molecular weight is 743 g/mol. The van der Waals surface area contributed by atoms with Crippen molar-refractivity contribution >= 4 is 108 Å². The Morgan fingerprint density at radius 3 is 1.93 bits per heavy atom. The molecule has 0 aliphatic rings. The summed E-state index contributed by atoms with van der Waals surface area (Å²) in [4.78, 5) is 11.1. The molecule has 264 valence electrons. The minimum atomic E-state index is 0.817. The second-order valence-electron chi connectivity index (χ2n) is 14.9. The van der Waals surface area contributed by atoms with Crippen LogP contribution in [0.1, 0.15) is 0 Å². The van der Waals surface area contributed by atoms with E-state index in [9.17, 15) is 0 Å². The van der Waals surface area contributed by atoms with Gasteiger partial charge in [0, 0.05) is 53.0 Å². The minimum absolute atomic E-state index is 0.817. The van der Waals surface area contributed by atoms with Crippen molar-refractivity contribution in [1.29, 1.82) is 0 Å². The lowest BCUT2D eigenvalue weighted by Gasteiger charge is -2.15. The summed E-state index contributed by atoms with van der Waals surface area (Å²) < 4.78 is 7.32. The number of thiophene rings is 1. The van der Waals surface area contributed by atoms with E-state index in [0.717, 1.165) is 44.8 Å². The van der Waals surface area contributed by atoms with Gasteiger partial charge >= 0.3 is 0 Å². The second-order valence-corrected chi connectivity index (χ2v) is 16.0. The third-order valence-electron chi connectivity index (χ3n) is 11.9. The molecule has 0 saturated carbocycles. The van der Waals surface area contributed by atoms with Gasteiger partial charge in [-0.1, -0.05) is 121 Å². The maximum absolute atomic E-state index is 5.57. The van der Waals surface area contributed by atoms with E-state index in [-0.39, 0.29) is 0 Å². The molecule has 0 aliphatic heterocycles. The highest BCUT2D eigenvalue weighted by atomic mass is 32.1. The van der Waals surface area contributed by atoms with E-state index in [2.05, 4.69) is 191 Å². The lowest BCUT2D eigenvalue weighted by atomic mass is 10.0. The van der Waals surface area contributed by atoms with E-state index in [4.69, 9.17) is 9.97 Å². The van der Waals surface area contributed by atoms with E-state index in [1.54, 1.807) is 0 Å². The fourth-order valence-electron chi connectivity index (χ4n) is 9.38. The lowest BCUT2D eigenvalue weighted by molar-refractivity contribution is 1.08. The first-order chi connectivity index (χ1) is 28.3. The van der Waals surface area contributed by atoms with E-state index < -0.39 is 0 Å². The van der Waals surface area contributed by atoms with Crippen LogP contribution in [0.2, 0.25) is 0 Å². The van der Waals surface area contributed by atoms with Crippen LogP contribution < -0.4 is 0 Å². The van der Waals surface area contributed by atoms with Crippen molar-refractivity contribution in [3.8, 4) is 22.8 Å². The molecule has 4 nitrogen and oxygen atoms in total. The zero-order valence-electron chi connectivity index (χ0n) is 30.5. The Bertz CT molecular complexity index is 3830. The number of para-hydroxylation sites is 3. The molecule has 0 radical (unpaired) electrons. The molecule has 0 saturated heterocycles. The van der Waals surface area contributed by atoms with E-state index in [0.29, 0.717) is 0 Å². The maximum Gasteiger partial charge on any atom is 0.165 e. The van der Waals surface area contributed by atoms with Gasteiger partial charge in [-0.3, -0.25) is 4.57 Å². The Morgan fingerprint density at radius 1 is 0.368 bits per heavy atom. The summed E-state index contributed by atoms with van der Waals surface area (Å²) in [5, 5.41) is 12.2. The molecule has 0 unspecified atom stereocenters. The summed E-state index contributed by atoms with van der Waals surface area (Å²) in [6, 6.07) is 65.9. The van der Waals surface area contributed by atoms with Crippen molar-refractivity contribution in [2.45, 2.75) is 0 Å². The molecule has 0 fully saturated rings. The molecule has 57 heavy (non-hydrogen) atoms. The molecule has 4 aromatic heterocycles. The van der Waals surface area contributed by atoms with Crippen LogP contribution in [-0.4, -0.2) is 19.1 Å². The lowest BCUT2D eigenvalue weighted by Crippen LogP contribution is -2.04. The van der Waals surface area contributed by atoms with Gasteiger partial charge in [0.15, 0.2) is 5.82 Å². The quantitative estimate of drug-likeness (QED) is 0.181. The molecule has 4 heterocycles. The predicted octanol–water partition coefficient (Wildman–Crippen LogP) is 14.2. The van der Waals surface area contributed by atoms with Crippen molar-refractivity contribution in [3.63, 3.8) is 0 Å². The monoisotopic (exact) mass is 742 g/mol. The highest BCUT2D eigenvalue weighted by Crippen LogP contribution is 2.44. The highest BCUT2D eigenvalue weighted by molar-refractivity contribution is 7.25. The number of hydrogen-bond donors (Lipinski definition) is 0. The van der Waals surface area contributed by atoms with Crippen molar-refractivity contribution < 1.29 is 0 Å². The predicted molar refractivity (Wildman–Crippen MR) is 242 cm³/mol. The first-order valence-corrected chi connectivity index (χ1v) is 20.1. The van der Waals surface area contributed by atoms with Gasteiger partial charge in [0.2, 0.25) is 0 Å². The molecule has 0 aliphatic carbocycles. The first-order valence-electron chi connectivity index (χ1n) is 19.3. The van der Waals surface area contributed by atoms with E-state index in [1.165, 1.54) is 74.3 Å². The maximum atomic E-state index is 5.57. The van der Waals surface area contributed by atoms with Crippen LogP contribution in [0.5, 0.6) is 0 Å². The summed E-state index contributed by atoms with van der Waals surface area (Å²) in [5.74, 6) is 0.817. The average Bonchev–Trinajstić information content (AvgIpc) is 3.92. The van der Waals surface area contributed by atoms with Crippen LogP contribution in [0.15, 0.2) is 182 Å². The van der Waals surface area contributed by atoms with Crippen molar-refractivity contribution in [3.05, 3.63) is 182 Å². The fraction of sp³-hybridized carbons (Fsp3) is 0. The van der Waals surface area contributed by atoms with Gasteiger partial charge < -0.3 is 4.57 Å². The molecule has 0 atom stereocenters. The summed E-state index contributed by atoms with van der Waals surface area (Å²) >= 11 is 1.83. The smallest absolute Gasteiger partial charge is 0.165 e. The summed E-state index contributed by atoms with van der Waals surface area (Å²) in [6.07, 6.45) is 0. The SMILES string of the molecule is c1ccc2cc3c(cc2c1)c1ccccc1n3-c1ccc2c3c4ccccc4ccc3n(-c3nc4ccccc4nc3-c3cccc4sc5ccccc5c34)c2c1. The third kappa shape index (κ3) is 4.37. The van der Waals surface area contributed by atoms with Gasteiger partial charge in [-0.05, 0) is 82.2 Å². The molecular weight excluding hydrogens is 713 g/mol. The van der Waals surface area contributed by atoms with Gasteiger partial charge in [-0.2, -0.15) is 0 Å². The van der Waals surface area contributed by atoms with Crippen molar-refractivity contribution in [2.24, 2.45) is 0 Å². The summed E-state index contributed by atoms with van der Waals surface area (Å²) in [5.41, 5.74) is 9.32. The Labute approximate surface area is 330 Å². The first kappa shape index (κ1) is 30.9. The van der Waals surface area contributed by atoms with Gasteiger partial charge in [0.05, 0.1) is 33.1 Å². The Morgan fingerprint density at radius 2 is 1.05 bits per heavy atom. The van der Waals surface area contributed by atoms with Crippen LogP contribution in [-0.2, 0) is 0 Å². The standard InChI is InChI=1S/C52H30N4S/c1-2-14-33-29-45-40(28-32(33)13-1)36-16-5-9-21-43(36)55(45)34-25-26-37-46(30-34)56(44-27-24-31-12-3-4-15-35(31)49(37)44)52-51(53-41-19-7-8-20-42(41)54-52)39-18-11-23-48-50(39)38-17-6-10-22-47(38)57-48/h1-30H. The zero-order chi connectivity index (χ0) is 37.2. The molecule has 0 bridgehead atoms. The van der Waals surface area contributed by atoms with Gasteiger partial charge in [0.1, 0.15) is 5.69 Å². The van der Waals surface area contributed by atoms with Gasteiger partial charge in [0.25, 0.3) is 0 Å². The Hall–Kier alpha value is -7.34. The van der Waals surface area contributed by atoms with Crippen LogP contribution in [0.3, 0.4) is 0 Å². The number of benzene rings is 9. The normalized spacial score (nSPS) is 12.2. The molecule has 9 aromatic carbocycles. The van der Waals surface area contributed by atoms with Crippen LogP contribution >= 0.6 is 11.3 Å². The van der Waals surface area contributed by atoms with E-state index in [1.807, 2.05) is 11.3 Å². The number of fused-ring (bicyclic) bond motifs is 13. The minimum Gasteiger partial charge on any atom is -0.309 e. The van der Waals surface area contributed by atoms with Crippen LogP contribution in [0.25, 0.3) is 119 Å². The zero-order valence-corrected chi connectivity index (χ0v) is 31.3. The summed E-state index contributed by atoms with van der Waals surface area (Å²) in [7, 11) is 0. The summed E-state index contributed by atoms with van der Waals surface area (Å²) in [6.45, 7) is 0. The molecule has 5 heteroatoms. The van der Waals surface area contributed by atoms with Gasteiger partial charge in [-0.15, -0.1) is 11.3 Å². The van der Waals surface area contributed by atoms with Crippen LogP contribution in [0.4, 0.5) is 0 Å². The molecule has 0 amide bonds. The number of aromatic nitrogens is 4. The fourth-order valence-corrected chi connectivity index (χ4v) is 10.5. The number of hydrogen-bond acceptors (Lipinski definition) is 3. The van der Waals surface area contributed by atoms with Crippen molar-refractivity contribution in [2.75, 3.05) is 0 Å². The van der Waals surface area contributed by atoms with Gasteiger partial charge in [-0.25, -0.2) is 9.97 Å². The molecule has 0 spiro atoms. The van der Waals surface area contributed by atoms with E-state index >= 15 is 0 Å². The van der Waals surface area contributed by atoms with Crippen molar-refractivity contribution in [1.82, 2.24) is 19.1 Å². The largest absolute Gasteiger partial charge is 0.309 e. The molecular formula is C52H30N4S. The third-order valence-corrected chi connectivity index (χ3v) is 13.0. The molecule has 0 N–H and O–H groups in total.